The second-order valence-corrected chi connectivity index (χ2v) is 10.3. The van der Waals surface area contributed by atoms with E-state index in [0.29, 0.717) is 52.5 Å². The lowest BCUT2D eigenvalue weighted by molar-refractivity contribution is -0.132. The van der Waals surface area contributed by atoms with Gasteiger partial charge in [0.1, 0.15) is 17.4 Å². The quantitative estimate of drug-likeness (QED) is 0.294. The van der Waals surface area contributed by atoms with Crippen LogP contribution in [0.3, 0.4) is 0 Å². The monoisotopic (exact) mass is 558 g/mol. The molecule has 1 aliphatic carbocycles. The zero-order valence-corrected chi connectivity index (χ0v) is 22.7. The van der Waals surface area contributed by atoms with Crippen molar-refractivity contribution in [2.45, 2.75) is 19.8 Å². The summed E-state index contributed by atoms with van der Waals surface area (Å²) in [5.41, 5.74) is 4.28. The molecule has 0 aromatic carbocycles. The van der Waals surface area contributed by atoms with Crippen molar-refractivity contribution in [2.24, 2.45) is 18.0 Å². The molecule has 0 atom stereocenters. The summed E-state index contributed by atoms with van der Waals surface area (Å²) in [6, 6.07) is 3.25. The van der Waals surface area contributed by atoms with E-state index in [1.807, 2.05) is 31.6 Å². The molecule has 0 unspecified atom stereocenters. The summed E-state index contributed by atoms with van der Waals surface area (Å²) in [4.78, 5) is 42.2. The zero-order valence-electron chi connectivity index (χ0n) is 21.9. The highest BCUT2D eigenvalue weighted by atomic mass is 32.1. The Morgan fingerprint density at radius 3 is 2.75 bits per heavy atom. The van der Waals surface area contributed by atoms with Crippen LogP contribution < -0.4 is 15.4 Å². The Bertz CT molecular complexity index is 1620. The number of rotatable bonds is 9. The molecule has 12 nitrogen and oxygen atoms in total. The molecule has 0 bridgehead atoms. The first-order valence-electron chi connectivity index (χ1n) is 12.9. The fourth-order valence-corrected chi connectivity index (χ4v) is 5.00. The van der Waals surface area contributed by atoms with Crippen molar-refractivity contribution in [1.82, 2.24) is 30.0 Å². The van der Waals surface area contributed by atoms with E-state index in [9.17, 15) is 9.59 Å². The number of amides is 2. The topological polar surface area (TPSA) is 146 Å². The molecule has 2 amide bonds. The van der Waals surface area contributed by atoms with Gasteiger partial charge in [0, 0.05) is 59.8 Å². The van der Waals surface area contributed by atoms with Crippen LogP contribution in [0.15, 0.2) is 47.3 Å². The van der Waals surface area contributed by atoms with Gasteiger partial charge in [-0.25, -0.2) is 29.5 Å². The van der Waals surface area contributed by atoms with Gasteiger partial charge < -0.3 is 14.8 Å². The Morgan fingerprint density at radius 2 is 2.02 bits per heavy atom. The van der Waals surface area contributed by atoms with Gasteiger partial charge in [0.15, 0.2) is 0 Å². The van der Waals surface area contributed by atoms with Crippen molar-refractivity contribution in [3.8, 4) is 38.8 Å². The van der Waals surface area contributed by atoms with Gasteiger partial charge in [0.25, 0.3) is 0 Å². The summed E-state index contributed by atoms with van der Waals surface area (Å²) in [7, 11) is 1.85. The number of carbonyl (C=O) groups excluding carboxylic acids is 2. The lowest BCUT2D eigenvalue weighted by Gasteiger charge is -2.15. The second kappa shape index (κ2) is 10.8. The third-order valence-corrected chi connectivity index (χ3v) is 7.20. The molecule has 2 aliphatic rings. The average molecular weight is 559 g/mol. The summed E-state index contributed by atoms with van der Waals surface area (Å²) in [6.07, 6.45) is 9.16. The van der Waals surface area contributed by atoms with E-state index in [-0.39, 0.29) is 18.5 Å². The van der Waals surface area contributed by atoms with Crippen LogP contribution in [0.2, 0.25) is 0 Å². The molecule has 1 saturated carbocycles. The van der Waals surface area contributed by atoms with Gasteiger partial charge in [-0.2, -0.15) is 5.10 Å². The Balaban J connectivity index is 1.46. The lowest BCUT2D eigenvalue weighted by atomic mass is 10.0. The van der Waals surface area contributed by atoms with Crippen LogP contribution in [0.25, 0.3) is 33.0 Å². The van der Waals surface area contributed by atoms with Crippen molar-refractivity contribution in [3.05, 3.63) is 47.9 Å². The Morgan fingerprint density at radius 1 is 1.15 bits per heavy atom. The summed E-state index contributed by atoms with van der Waals surface area (Å²) in [5, 5.41) is 12.4. The molecule has 204 valence electrons. The van der Waals surface area contributed by atoms with Gasteiger partial charge in [-0.15, -0.1) is 11.3 Å². The number of aryl methyl sites for hydroxylation is 1. The number of carbonyl (C=O) groups is 2. The molecular formula is C27H26N8O4S. The number of anilines is 1. The van der Waals surface area contributed by atoms with Crippen LogP contribution in [0, 0.1) is 5.92 Å². The number of ether oxygens (including phenoxy) is 2. The molecule has 2 N–H and O–H groups in total. The largest absolute Gasteiger partial charge is 0.477 e. The molecule has 0 spiro atoms. The molecular weight excluding hydrogens is 532 g/mol. The number of nitrogens with zero attached hydrogens (tertiary/aromatic N) is 6. The van der Waals surface area contributed by atoms with Crippen LogP contribution in [-0.2, 0) is 16.6 Å². The Hall–Kier alpha value is -4.65. The van der Waals surface area contributed by atoms with Crippen molar-refractivity contribution in [2.75, 3.05) is 25.0 Å². The summed E-state index contributed by atoms with van der Waals surface area (Å²) < 4.78 is 13.2. The van der Waals surface area contributed by atoms with Gasteiger partial charge in [-0.05, 0) is 37.8 Å². The first-order chi connectivity index (χ1) is 19.5. The smallest absolute Gasteiger partial charge is 0.334 e. The maximum atomic E-state index is 12.3. The van der Waals surface area contributed by atoms with E-state index >= 15 is 0 Å². The van der Waals surface area contributed by atoms with Gasteiger partial charge >= 0.3 is 12.0 Å². The number of hydrogen-bond acceptors (Lipinski definition) is 10. The minimum absolute atomic E-state index is 0.0339. The van der Waals surface area contributed by atoms with Gasteiger partial charge in [0.2, 0.25) is 11.8 Å². The fraction of sp³-hybridized carbons (Fsp3) is 0.296. The van der Waals surface area contributed by atoms with E-state index < -0.39 is 5.97 Å². The van der Waals surface area contributed by atoms with E-state index in [1.165, 1.54) is 11.3 Å². The predicted molar refractivity (Wildman–Crippen MR) is 149 cm³/mol. The standard InChI is InChI=1S/C27H26N8O4S/c1-3-28-27(37)34-22-7-19(26-33-21(14-40-26)17-9-32-35(2)12-17)20(10-29-22)18-6-16(24-31-11-23(36)39-24)8-30-25(18)38-13-15-4-5-15/h6-10,12,14-15H,3-5,11,13H2,1-2H3,(H2,28,29,34,37). The van der Waals surface area contributed by atoms with Crippen molar-refractivity contribution >= 4 is 35.1 Å². The Labute approximate surface area is 233 Å². The fourth-order valence-electron chi connectivity index (χ4n) is 4.14. The number of cyclic esters (lactones) is 1. The van der Waals surface area contributed by atoms with E-state index in [1.54, 1.807) is 29.3 Å². The van der Waals surface area contributed by atoms with Crippen LogP contribution in [0.5, 0.6) is 5.88 Å². The number of hydrogen-bond donors (Lipinski definition) is 2. The number of aliphatic imine (C=N–C) groups is 1. The first kappa shape index (κ1) is 25.6. The van der Waals surface area contributed by atoms with Gasteiger partial charge in [-0.3, -0.25) is 10.00 Å². The minimum Gasteiger partial charge on any atom is -0.477 e. The molecule has 40 heavy (non-hydrogen) atoms. The summed E-state index contributed by atoms with van der Waals surface area (Å²) >= 11 is 1.46. The number of aromatic nitrogens is 5. The zero-order chi connectivity index (χ0) is 27.6. The number of nitrogens with one attached hydrogen (secondary N) is 2. The third kappa shape index (κ3) is 5.54. The maximum absolute atomic E-state index is 12.3. The predicted octanol–water partition coefficient (Wildman–Crippen LogP) is 3.90. The normalized spacial score (nSPS) is 14.6. The molecule has 4 aromatic heterocycles. The van der Waals surface area contributed by atoms with Crippen molar-refractivity contribution < 1.29 is 19.1 Å². The van der Waals surface area contributed by atoms with Crippen molar-refractivity contribution in [1.29, 1.82) is 0 Å². The highest BCUT2D eigenvalue weighted by Gasteiger charge is 2.26. The average Bonchev–Trinajstić information content (AvgIpc) is 3.26. The summed E-state index contributed by atoms with van der Waals surface area (Å²) in [5.74, 6) is 1.10. The maximum Gasteiger partial charge on any atom is 0.334 e. The molecule has 13 heteroatoms. The van der Waals surface area contributed by atoms with Gasteiger partial charge in [0.05, 0.1) is 24.1 Å². The molecule has 6 rings (SSSR count). The molecule has 1 fully saturated rings. The second-order valence-electron chi connectivity index (χ2n) is 9.47. The van der Waals surface area contributed by atoms with Crippen molar-refractivity contribution in [3.63, 3.8) is 0 Å². The summed E-state index contributed by atoms with van der Waals surface area (Å²) in [6.45, 7) is 2.84. The van der Waals surface area contributed by atoms with E-state index in [0.717, 1.165) is 29.7 Å². The third-order valence-electron chi connectivity index (χ3n) is 6.32. The number of urea groups is 1. The number of thiazole rings is 1. The first-order valence-corrected chi connectivity index (χ1v) is 13.7. The minimum atomic E-state index is -0.417. The highest BCUT2D eigenvalue weighted by molar-refractivity contribution is 7.13. The van der Waals surface area contributed by atoms with Crippen LogP contribution >= 0.6 is 11.3 Å². The van der Waals surface area contributed by atoms with E-state index in [2.05, 4.69) is 30.7 Å². The van der Waals surface area contributed by atoms with Crippen LogP contribution in [0.4, 0.5) is 10.6 Å². The van der Waals surface area contributed by atoms with Crippen LogP contribution in [-0.4, -0.2) is 62.3 Å². The molecule has 1 aliphatic heterocycles. The Kier molecular flexibility index (Phi) is 6.95. The van der Waals surface area contributed by atoms with E-state index in [4.69, 9.17) is 14.5 Å². The van der Waals surface area contributed by atoms with Gasteiger partial charge in [-0.1, -0.05) is 0 Å². The SMILES string of the molecule is CCNC(=O)Nc1cc(-c2nc(-c3cnn(C)c3)cs2)c(-c2cc(C3=NCC(=O)O3)cnc2OCC2CC2)cn1. The highest BCUT2D eigenvalue weighted by Crippen LogP contribution is 2.40. The van der Waals surface area contributed by atoms with Crippen LogP contribution in [0.1, 0.15) is 25.3 Å². The lowest BCUT2D eigenvalue weighted by Crippen LogP contribution is -2.28. The molecule has 4 aromatic rings. The number of esters is 1. The molecule has 0 saturated heterocycles. The molecule has 0 radical (unpaired) electrons. The number of pyridine rings is 2. The molecule has 5 heterocycles.